The van der Waals surface area contributed by atoms with Gasteiger partial charge in [-0.2, -0.15) is 0 Å². The molecule has 0 aliphatic carbocycles. The Hall–Kier alpha value is -1.79. The van der Waals surface area contributed by atoms with E-state index in [1.165, 1.54) is 54.9 Å². The van der Waals surface area contributed by atoms with Crippen LogP contribution in [-0.2, 0) is 37.0 Å². The van der Waals surface area contributed by atoms with E-state index >= 15 is 0 Å². The first-order chi connectivity index (χ1) is 15.6. The van der Waals surface area contributed by atoms with E-state index in [-0.39, 0.29) is 61.8 Å². The molecule has 5 aromatic rings. The zero-order valence-electron chi connectivity index (χ0n) is 21.9. The Morgan fingerprint density at radius 1 is 0.500 bits per heavy atom. The predicted molar refractivity (Wildman–Crippen MR) is 145 cm³/mol. The fraction of sp³-hybridized carbons (Fsp3) is 0.242. The second-order valence-electron chi connectivity index (χ2n) is 11.3. The number of benzene rings is 4. The number of rotatable bonds is 2. The Morgan fingerprint density at radius 2 is 0.833 bits per heavy atom. The van der Waals surface area contributed by atoms with Crippen molar-refractivity contribution in [3.8, 4) is 22.3 Å². The molecule has 0 N–H and O–H groups in total. The Labute approximate surface area is 247 Å². The van der Waals surface area contributed by atoms with Gasteiger partial charge in [-0.05, 0) is 44.2 Å². The fourth-order valence-corrected chi connectivity index (χ4v) is 5.06. The summed E-state index contributed by atoms with van der Waals surface area (Å²) in [6.45, 7) is 13.9. The molecule has 0 fully saturated rings. The first kappa shape index (κ1) is 30.4. The second-order valence-corrected chi connectivity index (χ2v) is 11.3. The average molecular weight is 592 g/mol. The van der Waals surface area contributed by atoms with Crippen LogP contribution in [0.2, 0.25) is 0 Å². The summed E-state index contributed by atoms with van der Waals surface area (Å²) < 4.78 is 0. The molecule has 3 heteroatoms. The van der Waals surface area contributed by atoms with Crippen LogP contribution in [0, 0.1) is 0 Å². The molecule has 183 valence electrons. The first-order valence-corrected chi connectivity index (χ1v) is 12.0. The fourth-order valence-electron chi connectivity index (χ4n) is 5.06. The van der Waals surface area contributed by atoms with Crippen molar-refractivity contribution in [1.82, 2.24) is 0 Å². The van der Waals surface area contributed by atoms with Crippen molar-refractivity contribution in [3.63, 3.8) is 0 Å². The van der Waals surface area contributed by atoms with Crippen molar-refractivity contribution in [2.75, 3.05) is 0 Å². The summed E-state index contributed by atoms with van der Waals surface area (Å²) in [5.41, 5.74) is 8.16. The van der Waals surface area contributed by atoms with Crippen LogP contribution in [0.5, 0.6) is 0 Å². The Kier molecular flexibility index (Phi) is 9.56. The molecule has 5 aromatic carbocycles. The van der Waals surface area contributed by atoms with E-state index in [1.54, 1.807) is 0 Å². The van der Waals surface area contributed by atoms with Crippen LogP contribution < -0.4 is 24.8 Å². The minimum atomic E-state index is 0. The maximum Gasteiger partial charge on any atom is 3.00 e. The minimum absolute atomic E-state index is 0. The topological polar surface area (TPSA) is 0 Å². The van der Waals surface area contributed by atoms with Gasteiger partial charge in [0.15, 0.2) is 0 Å². The third-order valence-electron chi connectivity index (χ3n) is 6.77. The van der Waals surface area contributed by atoms with E-state index in [2.05, 4.69) is 133 Å². The number of fused-ring (bicyclic) bond motifs is 3. The third kappa shape index (κ3) is 5.70. The van der Waals surface area contributed by atoms with Gasteiger partial charge in [0.25, 0.3) is 0 Å². The molecule has 0 unspecified atom stereocenters. The summed E-state index contributed by atoms with van der Waals surface area (Å²) in [5.74, 6) is 0. The second kappa shape index (κ2) is 11.3. The van der Waals surface area contributed by atoms with Crippen molar-refractivity contribution >= 4 is 21.5 Å². The summed E-state index contributed by atoms with van der Waals surface area (Å²) in [7, 11) is 0. The van der Waals surface area contributed by atoms with E-state index in [9.17, 15) is 0 Å². The molecule has 0 saturated carbocycles. The summed E-state index contributed by atoms with van der Waals surface area (Å²) >= 11 is 0. The van der Waals surface area contributed by atoms with Gasteiger partial charge in [-0.25, -0.2) is 0 Å². The Bertz CT molecular complexity index is 1340. The van der Waals surface area contributed by atoms with Gasteiger partial charge < -0.3 is 24.8 Å². The van der Waals surface area contributed by atoms with Gasteiger partial charge in [-0.3, -0.25) is 0 Å². The standard InChI is InChI=1S/C33H33.2ClH.Zr/c1-32(2,3)30-20-26-24(18-28(30)22-13-9-7-10-14-22)17-25-19-29(23-15-11-8-12-16-23)31(21-27(25)26)33(4,5)6;;;/h7-21H,1-6H3;2*1H;/q-1;;;+3/p-2. The molecule has 0 saturated heterocycles. The summed E-state index contributed by atoms with van der Waals surface area (Å²) in [5, 5.41) is 5.36. The van der Waals surface area contributed by atoms with Crippen LogP contribution in [0.4, 0.5) is 0 Å². The normalized spacial score (nSPS) is 11.5. The SMILES string of the molecule is CC(C)(C)c1cc2c(cc1-c1ccccc1)[cH-]c1cc(-c3ccccc3)c(C(C)(C)C)cc12.[Cl-].[Cl-].[Zr+3]. The van der Waals surface area contributed by atoms with Crippen LogP contribution in [0.3, 0.4) is 0 Å². The molecule has 0 aliphatic heterocycles. The van der Waals surface area contributed by atoms with Gasteiger partial charge in [0, 0.05) is 0 Å². The van der Waals surface area contributed by atoms with Crippen LogP contribution >= 0.6 is 0 Å². The van der Waals surface area contributed by atoms with E-state index in [0.29, 0.717) is 0 Å². The molecule has 0 aliphatic rings. The summed E-state index contributed by atoms with van der Waals surface area (Å²) in [6, 6.07) is 33.7. The molecule has 0 aromatic heterocycles. The maximum atomic E-state index is 2.45. The van der Waals surface area contributed by atoms with Crippen LogP contribution in [0.25, 0.3) is 43.8 Å². The monoisotopic (exact) mass is 589 g/mol. The van der Waals surface area contributed by atoms with E-state index < -0.39 is 0 Å². The van der Waals surface area contributed by atoms with E-state index in [0.717, 1.165) is 0 Å². The third-order valence-corrected chi connectivity index (χ3v) is 6.77. The van der Waals surface area contributed by atoms with Gasteiger partial charge in [0.2, 0.25) is 0 Å². The van der Waals surface area contributed by atoms with Gasteiger partial charge in [-0.15, -0.1) is 39.7 Å². The zero-order chi connectivity index (χ0) is 23.4. The van der Waals surface area contributed by atoms with E-state index in [4.69, 9.17) is 0 Å². The molecule has 0 atom stereocenters. The molecular formula is C33H33Cl2Zr. The number of hydrogen-bond donors (Lipinski definition) is 0. The Balaban J connectivity index is 0.00000152. The van der Waals surface area contributed by atoms with Gasteiger partial charge in [0.1, 0.15) is 0 Å². The minimum Gasteiger partial charge on any atom is -1.00 e. The van der Waals surface area contributed by atoms with Crippen molar-refractivity contribution in [1.29, 1.82) is 0 Å². The molecule has 0 spiro atoms. The molecule has 0 amide bonds. The molecule has 0 heterocycles. The molecule has 5 rings (SSSR count). The van der Waals surface area contributed by atoms with Crippen LogP contribution in [0.15, 0.2) is 91.0 Å². The molecule has 0 bridgehead atoms. The molecular weight excluding hydrogens is 558 g/mol. The Morgan fingerprint density at radius 3 is 1.14 bits per heavy atom. The van der Waals surface area contributed by atoms with Crippen molar-refractivity contribution < 1.29 is 51.0 Å². The predicted octanol–water partition coefficient (Wildman–Crippen LogP) is 3.65. The van der Waals surface area contributed by atoms with E-state index in [1.807, 2.05) is 0 Å². The smallest absolute Gasteiger partial charge is 1.00 e. The van der Waals surface area contributed by atoms with Gasteiger partial charge >= 0.3 is 26.2 Å². The maximum absolute atomic E-state index is 2.45. The molecule has 1 radical (unpaired) electrons. The van der Waals surface area contributed by atoms with Crippen molar-refractivity contribution in [3.05, 3.63) is 102 Å². The summed E-state index contributed by atoms with van der Waals surface area (Å²) in [4.78, 5) is 0. The van der Waals surface area contributed by atoms with Crippen LogP contribution in [-0.4, -0.2) is 0 Å². The molecule has 36 heavy (non-hydrogen) atoms. The quantitative estimate of drug-likeness (QED) is 0.275. The van der Waals surface area contributed by atoms with Gasteiger partial charge in [0.05, 0.1) is 0 Å². The molecule has 0 nitrogen and oxygen atoms in total. The van der Waals surface area contributed by atoms with Crippen molar-refractivity contribution in [2.45, 2.75) is 52.4 Å². The van der Waals surface area contributed by atoms with Gasteiger partial charge in [-0.1, -0.05) is 114 Å². The average Bonchev–Trinajstić information content (AvgIpc) is 3.14. The number of halogens is 2. The number of hydrogen-bond acceptors (Lipinski definition) is 0. The van der Waals surface area contributed by atoms with Crippen LogP contribution in [0.1, 0.15) is 52.7 Å². The van der Waals surface area contributed by atoms with Crippen molar-refractivity contribution in [2.24, 2.45) is 0 Å². The largest absolute Gasteiger partial charge is 3.00 e. The first-order valence-electron chi connectivity index (χ1n) is 12.0. The zero-order valence-corrected chi connectivity index (χ0v) is 25.9. The summed E-state index contributed by atoms with van der Waals surface area (Å²) in [6.07, 6.45) is 0.